The van der Waals surface area contributed by atoms with Gasteiger partial charge in [-0.1, -0.05) is 12.1 Å². The molecule has 1 aromatic carbocycles. The second-order valence-corrected chi connectivity index (χ2v) is 5.95. The highest BCUT2D eigenvalue weighted by atomic mass is 19.4. The molecule has 2 heterocycles. The maximum atomic E-state index is 13.0. The first-order valence-corrected chi connectivity index (χ1v) is 7.92. The Balaban J connectivity index is 1.61. The number of rotatable bonds is 3. The van der Waals surface area contributed by atoms with E-state index in [2.05, 4.69) is 15.8 Å². The number of allylic oxidation sites excluding steroid dienone is 3. The maximum Gasteiger partial charge on any atom is 0.419 e. The normalized spacial score (nSPS) is 19.1. The Morgan fingerprint density at radius 2 is 1.79 bits per heavy atom. The standard InChI is InChI=1S/C17H20F3N3O/c1-12-6-7-16(22-21-12)23-10-8-13(9-11-23)24-15-5-3-2-4-14(15)17(18,19)20/h2-7,13,21-22H,8-11H2,1H3. The van der Waals surface area contributed by atoms with Crippen molar-refractivity contribution in [2.45, 2.75) is 32.0 Å². The number of piperidine rings is 1. The van der Waals surface area contributed by atoms with Gasteiger partial charge in [-0.3, -0.25) is 5.43 Å². The maximum absolute atomic E-state index is 13.0. The molecule has 0 spiro atoms. The van der Waals surface area contributed by atoms with Crippen molar-refractivity contribution in [3.05, 3.63) is 53.5 Å². The molecule has 0 amide bonds. The molecular weight excluding hydrogens is 319 g/mol. The molecule has 1 fully saturated rings. The van der Waals surface area contributed by atoms with Crippen molar-refractivity contribution in [1.29, 1.82) is 0 Å². The third kappa shape index (κ3) is 3.77. The molecule has 4 nitrogen and oxygen atoms in total. The first-order valence-electron chi connectivity index (χ1n) is 7.92. The summed E-state index contributed by atoms with van der Waals surface area (Å²) in [6, 6.07) is 5.39. The van der Waals surface area contributed by atoms with Gasteiger partial charge in [-0.2, -0.15) is 13.2 Å². The third-order valence-corrected chi connectivity index (χ3v) is 4.15. The number of nitrogens with zero attached hydrogens (tertiary/aromatic N) is 1. The van der Waals surface area contributed by atoms with Crippen LogP contribution in [0.1, 0.15) is 25.3 Å². The van der Waals surface area contributed by atoms with Crippen LogP contribution in [0.4, 0.5) is 13.2 Å². The van der Waals surface area contributed by atoms with Crippen LogP contribution in [0.25, 0.3) is 0 Å². The number of likely N-dealkylation sites (tertiary alicyclic amines) is 1. The molecule has 0 radical (unpaired) electrons. The first kappa shape index (κ1) is 16.5. The summed E-state index contributed by atoms with van der Waals surface area (Å²) < 4.78 is 44.7. The Hall–Kier alpha value is -2.31. The predicted octanol–water partition coefficient (Wildman–Crippen LogP) is 3.40. The third-order valence-electron chi connectivity index (χ3n) is 4.15. The van der Waals surface area contributed by atoms with Crippen LogP contribution in [0.3, 0.4) is 0 Å². The van der Waals surface area contributed by atoms with Crippen LogP contribution in [0, 0.1) is 0 Å². The molecule has 2 aliphatic rings. The fourth-order valence-corrected chi connectivity index (χ4v) is 2.83. The van der Waals surface area contributed by atoms with E-state index >= 15 is 0 Å². The van der Waals surface area contributed by atoms with Crippen LogP contribution >= 0.6 is 0 Å². The van der Waals surface area contributed by atoms with E-state index in [0.29, 0.717) is 12.8 Å². The van der Waals surface area contributed by atoms with Crippen LogP contribution in [0.15, 0.2) is 47.9 Å². The largest absolute Gasteiger partial charge is 0.490 e. The molecule has 0 saturated carbocycles. The van der Waals surface area contributed by atoms with Gasteiger partial charge < -0.3 is 15.1 Å². The summed E-state index contributed by atoms with van der Waals surface area (Å²) in [6.07, 6.45) is 0.713. The Morgan fingerprint density at radius 1 is 1.08 bits per heavy atom. The number of ether oxygens (including phenoxy) is 1. The first-order chi connectivity index (χ1) is 11.4. The summed E-state index contributed by atoms with van der Waals surface area (Å²) in [4.78, 5) is 2.16. The average Bonchev–Trinajstić information content (AvgIpc) is 2.56. The van der Waals surface area contributed by atoms with E-state index in [1.165, 1.54) is 12.1 Å². The molecule has 24 heavy (non-hydrogen) atoms. The minimum absolute atomic E-state index is 0.0846. The second kappa shape index (κ2) is 6.67. The van der Waals surface area contributed by atoms with E-state index in [1.807, 2.05) is 19.1 Å². The average molecular weight is 339 g/mol. The van der Waals surface area contributed by atoms with Gasteiger partial charge in [-0.25, -0.2) is 0 Å². The molecule has 1 aromatic rings. The molecule has 0 unspecified atom stereocenters. The van der Waals surface area contributed by atoms with Crippen molar-refractivity contribution in [2.75, 3.05) is 13.1 Å². The lowest BCUT2D eigenvalue weighted by Gasteiger charge is -2.36. The van der Waals surface area contributed by atoms with Crippen LogP contribution in [-0.2, 0) is 6.18 Å². The monoisotopic (exact) mass is 339 g/mol. The Bertz CT molecular complexity index is 647. The van der Waals surface area contributed by atoms with E-state index < -0.39 is 11.7 Å². The van der Waals surface area contributed by atoms with Crippen LogP contribution in [-0.4, -0.2) is 24.1 Å². The molecule has 2 N–H and O–H groups in total. The Morgan fingerprint density at radius 3 is 2.42 bits per heavy atom. The van der Waals surface area contributed by atoms with Gasteiger partial charge in [0.25, 0.3) is 0 Å². The highest BCUT2D eigenvalue weighted by Gasteiger charge is 2.35. The van der Waals surface area contributed by atoms with Crippen LogP contribution < -0.4 is 15.6 Å². The molecule has 0 aliphatic carbocycles. The molecular formula is C17H20F3N3O. The summed E-state index contributed by atoms with van der Waals surface area (Å²) in [5, 5.41) is 0. The molecule has 1 saturated heterocycles. The van der Waals surface area contributed by atoms with Gasteiger partial charge in [0.1, 0.15) is 17.7 Å². The Labute approximate surface area is 138 Å². The summed E-state index contributed by atoms with van der Waals surface area (Å²) in [5.41, 5.74) is 6.48. The molecule has 0 bridgehead atoms. The number of hydrazine groups is 1. The lowest BCUT2D eigenvalue weighted by molar-refractivity contribution is -0.139. The number of alkyl halides is 3. The topological polar surface area (TPSA) is 36.5 Å². The zero-order chi connectivity index (χ0) is 17.2. The van der Waals surface area contributed by atoms with Gasteiger partial charge in [0.2, 0.25) is 0 Å². The number of hydrogen-bond donors (Lipinski definition) is 2. The fourth-order valence-electron chi connectivity index (χ4n) is 2.83. The quantitative estimate of drug-likeness (QED) is 0.885. The van der Waals surface area contributed by atoms with E-state index in [9.17, 15) is 13.2 Å². The summed E-state index contributed by atoms with van der Waals surface area (Å²) in [6.45, 7) is 3.41. The van der Waals surface area contributed by atoms with Gasteiger partial charge in [-0.05, 0) is 31.2 Å². The zero-order valence-corrected chi connectivity index (χ0v) is 13.4. The number of halogens is 3. The van der Waals surface area contributed by atoms with Gasteiger partial charge in [0, 0.05) is 31.6 Å². The van der Waals surface area contributed by atoms with E-state index in [4.69, 9.17) is 4.74 Å². The Kier molecular flexibility index (Phi) is 4.59. The van der Waals surface area contributed by atoms with E-state index in [0.717, 1.165) is 30.7 Å². The van der Waals surface area contributed by atoms with Gasteiger partial charge in [0.15, 0.2) is 0 Å². The number of para-hydroxylation sites is 1. The van der Waals surface area contributed by atoms with Crippen molar-refractivity contribution in [3.63, 3.8) is 0 Å². The van der Waals surface area contributed by atoms with Crippen molar-refractivity contribution in [2.24, 2.45) is 0 Å². The second-order valence-electron chi connectivity index (χ2n) is 5.95. The number of nitrogens with one attached hydrogen (secondary N) is 2. The molecule has 2 aliphatic heterocycles. The van der Waals surface area contributed by atoms with Gasteiger partial charge >= 0.3 is 6.18 Å². The van der Waals surface area contributed by atoms with E-state index in [-0.39, 0.29) is 11.9 Å². The highest BCUT2D eigenvalue weighted by Crippen LogP contribution is 2.37. The minimum Gasteiger partial charge on any atom is -0.490 e. The fraction of sp³-hybridized carbons (Fsp3) is 0.412. The van der Waals surface area contributed by atoms with Crippen molar-refractivity contribution in [3.8, 4) is 5.75 Å². The summed E-state index contributed by atoms with van der Waals surface area (Å²) in [7, 11) is 0. The van der Waals surface area contributed by atoms with E-state index in [1.54, 1.807) is 6.07 Å². The van der Waals surface area contributed by atoms with Crippen LogP contribution in [0.5, 0.6) is 5.75 Å². The molecule has 7 heteroatoms. The number of benzene rings is 1. The summed E-state index contributed by atoms with van der Waals surface area (Å²) >= 11 is 0. The smallest absolute Gasteiger partial charge is 0.419 e. The predicted molar refractivity (Wildman–Crippen MR) is 84.8 cm³/mol. The molecule has 3 rings (SSSR count). The van der Waals surface area contributed by atoms with Gasteiger partial charge in [-0.15, -0.1) is 0 Å². The summed E-state index contributed by atoms with van der Waals surface area (Å²) in [5.74, 6) is 0.883. The number of hydrogen-bond acceptors (Lipinski definition) is 4. The lowest BCUT2D eigenvalue weighted by atomic mass is 10.1. The minimum atomic E-state index is -4.40. The zero-order valence-electron chi connectivity index (χ0n) is 13.4. The van der Waals surface area contributed by atoms with Crippen LogP contribution in [0.2, 0.25) is 0 Å². The van der Waals surface area contributed by atoms with Crippen molar-refractivity contribution >= 4 is 0 Å². The molecule has 0 atom stereocenters. The SMILES string of the molecule is CC1=CC=C(N2CCC(Oc3ccccc3C(F)(F)F)CC2)NN1. The molecule has 130 valence electrons. The van der Waals surface area contributed by atoms with Gasteiger partial charge in [0.05, 0.1) is 5.56 Å². The van der Waals surface area contributed by atoms with Crippen molar-refractivity contribution < 1.29 is 17.9 Å². The molecule has 0 aromatic heterocycles. The highest BCUT2D eigenvalue weighted by molar-refractivity contribution is 5.35. The van der Waals surface area contributed by atoms with Crippen molar-refractivity contribution in [1.82, 2.24) is 15.8 Å². The lowest BCUT2D eigenvalue weighted by Crippen LogP contribution is -2.45.